The number of aryl methyl sites for hydroxylation is 2. The van der Waals surface area contributed by atoms with Crippen LogP contribution in [0.15, 0.2) is 0 Å². The van der Waals surface area contributed by atoms with Crippen LogP contribution < -0.4 is 0 Å². The Bertz CT molecular complexity index is 699. The number of nitrogens with zero attached hydrogens (tertiary/aromatic N) is 2. The van der Waals surface area contributed by atoms with Crippen LogP contribution in [0.1, 0.15) is 70.2 Å². The molecule has 2 heterocycles. The van der Waals surface area contributed by atoms with Gasteiger partial charge in [-0.15, -0.1) is 0 Å². The second-order valence-corrected chi connectivity index (χ2v) is 6.00. The van der Waals surface area contributed by atoms with Crippen molar-refractivity contribution in [2.75, 3.05) is 13.2 Å². The minimum absolute atomic E-state index is 0.320. The number of hydrogen-bond acceptors (Lipinski definition) is 6. The molecule has 2 aromatic heterocycles. The highest BCUT2D eigenvalue weighted by atomic mass is 16.5. The molecular weight excluding hydrogens is 336 g/mol. The van der Waals surface area contributed by atoms with Crippen molar-refractivity contribution in [3.05, 3.63) is 33.9 Å². The Morgan fingerprint density at radius 1 is 0.808 bits per heavy atom. The maximum Gasteiger partial charge on any atom is 0.359 e. The van der Waals surface area contributed by atoms with Crippen molar-refractivity contribution < 1.29 is 19.1 Å². The number of hydrogen-bond donors (Lipinski definition) is 2. The zero-order chi connectivity index (χ0) is 19.1. The summed E-state index contributed by atoms with van der Waals surface area (Å²) in [6, 6.07) is 0. The van der Waals surface area contributed by atoms with E-state index < -0.39 is 11.9 Å². The predicted octanol–water partition coefficient (Wildman–Crippen LogP) is 2.67. The van der Waals surface area contributed by atoms with Crippen LogP contribution in [-0.2, 0) is 22.3 Å². The van der Waals surface area contributed by atoms with Crippen LogP contribution in [0.25, 0.3) is 0 Å². The van der Waals surface area contributed by atoms with Gasteiger partial charge in [0.1, 0.15) is 0 Å². The average Bonchev–Trinajstić information content (AvgIpc) is 3.15. The summed E-state index contributed by atoms with van der Waals surface area (Å²) < 4.78 is 10.1. The van der Waals surface area contributed by atoms with Crippen LogP contribution in [0.2, 0.25) is 0 Å². The van der Waals surface area contributed by atoms with E-state index in [2.05, 4.69) is 20.4 Å². The normalized spacial score (nSPS) is 10.8. The monoisotopic (exact) mass is 362 g/mol. The summed E-state index contributed by atoms with van der Waals surface area (Å²) in [5.41, 5.74) is 4.24. The first-order valence-electron chi connectivity index (χ1n) is 8.91. The number of aromatic nitrogens is 4. The van der Waals surface area contributed by atoms with Crippen LogP contribution >= 0.6 is 0 Å². The van der Waals surface area contributed by atoms with E-state index in [0.29, 0.717) is 37.4 Å². The van der Waals surface area contributed by atoms with E-state index in [-0.39, 0.29) is 0 Å². The summed E-state index contributed by atoms with van der Waals surface area (Å²) in [6.07, 6.45) is 3.11. The molecule has 8 heteroatoms. The van der Waals surface area contributed by atoms with Gasteiger partial charge in [0.25, 0.3) is 0 Å². The van der Waals surface area contributed by atoms with E-state index in [1.54, 1.807) is 13.8 Å². The fraction of sp³-hybridized carbons (Fsp3) is 0.556. The zero-order valence-corrected chi connectivity index (χ0v) is 15.8. The standard InChI is InChI=1S/C18H26N4O4/c1-5-25-17(23)15-13(11(3)19-21-15)9-7-8-10-14-12(4)20-22-16(14)18(24)26-6-2/h5-10H2,1-4H3,(H,19,21)(H,20,22). The molecule has 0 spiro atoms. The van der Waals surface area contributed by atoms with Crippen LogP contribution in [0.4, 0.5) is 0 Å². The minimum atomic E-state index is -0.401. The van der Waals surface area contributed by atoms with Crippen molar-refractivity contribution in [3.8, 4) is 0 Å². The summed E-state index contributed by atoms with van der Waals surface area (Å²) in [5, 5.41) is 13.8. The van der Waals surface area contributed by atoms with E-state index in [0.717, 1.165) is 35.4 Å². The second kappa shape index (κ2) is 9.17. The number of aromatic amines is 2. The van der Waals surface area contributed by atoms with E-state index >= 15 is 0 Å². The molecule has 0 aliphatic rings. The van der Waals surface area contributed by atoms with Gasteiger partial charge in [0.05, 0.1) is 13.2 Å². The van der Waals surface area contributed by atoms with Gasteiger partial charge in [0.2, 0.25) is 0 Å². The minimum Gasteiger partial charge on any atom is -0.461 e. The Hall–Kier alpha value is -2.64. The second-order valence-electron chi connectivity index (χ2n) is 6.00. The molecule has 2 N–H and O–H groups in total. The van der Waals surface area contributed by atoms with Crippen LogP contribution in [0.5, 0.6) is 0 Å². The zero-order valence-electron chi connectivity index (χ0n) is 15.8. The third-order valence-electron chi connectivity index (χ3n) is 4.19. The first-order chi connectivity index (χ1) is 12.5. The summed E-state index contributed by atoms with van der Waals surface area (Å²) in [7, 11) is 0. The summed E-state index contributed by atoms with van der Waals surface area (Å²) in [6.45, 7) is 7.96. The van der Waals surface area contributed by atoms with Gasteiger partial charge in [-0.25, -0.2) is 9.59 Å². The molecule has 2 rings (SSSR count). The Kier molecular flexibility index (Phi) is 6.94. The maximum atomic E-state index is 12.0. The van der Waals surface area contributed by atoms with Gasteiger partial charge in [-0.3, -0.25) is 10.2 Å². The molecule has 0 radical (unpaired) electrons. The third kappa shape index (κ3) is 4.50. The third-order valence-corrected chi connectivity index (χ3v) is 4.19. The number of carbonyl (C=O) groups is 2. The molecule has 0 bridgehead atoms. The van der Waals surface area contributed by atoms with Gasteiger partial charge in [0.15, 0.2) is 11.4 Å². The van der Waals surface area contributed by atoms with Gasteiger partial charge in [-0.1, -0.05) is 0 Å². The number of rotatable bonds is 9. The van der Waals surface area contributed by atoms with E-state index in [1.165, 1.54) is 0 Å². The molecule has 0 unspecified atom stereocenters. The van der Waals surface area contributed by atoms with Crippen molar-refractivity contribution >= 4 is 11.9 Å². The van der Waals surface area contributed by atoms with Gasteiger partial charge in [-0.05, 0) is 53.4 Å². The van der Waals surface area contributed by atoms with E-state index in [4.69, 9.17) is 9.47 Å². The van der Waals surface area contributed by atoms with Gasteiger partial charge < -0.3 is 9.47 Å². The summed E-state index contributed by atoms with van der Waals surface area (Å²) >= 11 is 0. The first kappa shape index (κ1) is 19.7. The largest absolute Gasteiger partial charge is 0.461 e. The lowest BCUT2D eigenvalue weighted by atomic mass is 10.0. The number of ether oxygens (including phenoxy) is 2. The predicted molar refractivity (Wildman–Crippen MR) is 95.2 cm³/mol. The molecule has 0 atom stereocenters. The Balaban J connectivity index is 1.96. The number of esters is 2. The Labute approximate surface area is 152 Å². The lowest BCUT2D eigenvalue weighted by Gasteiger charge is -2.06. The lowest BCUT2D eigenvalue weighted by Crippen LogP contribution is -2.09. The maximum absolute atomic E-state index is 12.0. The molecule has 26 heavy (non-hydrogen) atoms. The molecule has 8 nitrogen and oxygen atoms in total. The highest BCUT2D eigenvalue weighted by Gasteiger charge is 2.20. The highest BCUT2D eigenvalue weighted by molar-refractivity contribution is 5.89. The van der Waals surface area contributed by atoms with Crippen molar-refractivity contribution in [2.45, 2.75) is 53.4 Å². The quantitative estimate of drug-likeness (QED) is 0.524. The number of unbranched alkanes of at least 4 members (excludes halogenated alkanes) is 1. The van der Waals surface area contributed by atoms with Gasteiger partial charge in [-0.2, -0.15) is 10.2 Å². The fourth-order valence-corrected chi connectivity index (χ4v) is 2.86. The van der Waals surface area contributed by atoms with Gasteiger partial charge in [0, 0.05) is 22.5 Å². The molecule has 0 aliphatic carbocycles. The smallest absolute Gasteiger partial charge is 0.359 e. The topological polar surface area (TPSA) is 110 Å². The van der Waals surface area contributed by atoms with Crippen molar-refractivity contribution in [3.63, 3.8) is 0 Å². The van der Waals surface area contributed by atoms with E-state index in [1.807, 2.05) is 13.8 Å². The molecule has 2 aromatic rings. The van der Waals surface area contributed by atoms with Crippen LogP contribution in [0, 0.1) is 13.8 Å². The molecule has 0 amide bonds. The highest BCUT2D eigenvalue weighted by Crippen LogP contribution is 2.19. The van der Waals surface area contributed by atoms with Crippen molar-refractivity contribution in [1.82, 2.24) is 20.4 Å². The molecule has 0 aliphatic heterocycles. The van der Waals surface area contributed by atoms with E-state index in [9.17, 15) is 9.59 Å². The summed E-state index contributed by atoms with van der Waals surface area (Å²) in [5.74, 6) is -0.802. The molecule has 0 aromatic carbocycles. The molecule has 142 valence electrons. The Morgan fingerprint density at radius 3 is 1.54 bits per heavy atom. The number of H-pyrrole nitrogens is 2. The fourth-order valence-electron chi connectivity index (χ4n) is 2.86. The molecular formula is C18H26N4O4. The summed E-state index contributed by atoms with van der Waals surface area (Å²) in [4.78, 5) is 23.9. The average molecular weight is 362 g/mol. The van der Waals surface area contributed by atoms with Gasteiger partial charge >= 0.3 is 11.9 Å². The number of carbonyl (C=O) groups excluding carboxylic acids is 2. The SMILES string of the molecule is CCOC(=O)c1n[nH]c(C)c1CCCCc1c(C(=O)OCC)n[nH]c1C. The molecule has 0 fully saturated rings. The van der Waals surface area contributed by atoms with Crippen molar-refractivity contribution in [1.29, 1.82) is 0 Å². The Morgan fingerprint density at radius 2 is 1.19 bits per heavy atom. The molecule has 0 saturated heterocycles. The lowest BCUT2D eigenvalue weighted by molar-refractivity contribution is 0.0508. The van der Waals surface area contributed by atoms with Crippen molar-refractivity contribution in [2.24, 2.45) is 0 Å². The number of nitrogens with one attached hydrogen (secondary N) is 2. The van der Waals surface area contributed by atoms with Crippen LogP contribution in [-0.4, -0.2) is 45.5 Å². The first-order valence-corrected chi connectivity index (χ1v) is 8.91. The molecule has 0 saturated carbocycles. The van der Waals surface area contributed by atoms with Crippen LogP contribution in [0.3, 0.4) is 0 Å².